The van der Waals surface area contributed by atoms with Gasteiger partial charge in [0.2, 0.25) is 5.91 Å². The van der Waals surface area contributed by atoms with E-state index in [1.807, 2.05) is 30.1 Å². The number of hydrogen-bond donors (Lipinski definition) is 2. The van der Waals surface area contributed by atoms with Gasteiger partial charge in [-0.15, -0.1) is 0 Å². The largest absolute Gasteiger partial charge is 0.389 e. The number of hydrogen-bond acceptors (Lipinski definition) is 4. The molecule has 112 valence electrons. The summed E-state index contributed by atoms with van der Waals surface area (Å²) in [5.74, 6) is -0.0553. The van der Waals surface area contributed by atoms with E-state index in [1.54, 1.807) is 14.0 Å². The topological polar surface area (TPSA) is 61.8 Å². The quantitative estimate of drug-likeness (QED) is 0.739. The number of benzene rings is 1. The Labute approximate surface area is 128 Å². The van der Waals surface area contributed by atoms with Crippen molar-refractivity contribution < 1.29 is 14.6 Å². The van der Waals surface area contributed by atoms with Crippen molar-refractivity contribution in [2.45, 2.75) is 13.0 Å². The molecule has 0 aliphatic carbocycles. The van der Waals surface area contributed by atoms with Crippen LogP contribution in [0.25, 0.3) is 0 Å². The maximum Gasteiger partial charge on any atom is 0.239 e. The van der Waals surface area contributed by atoms with Crippen LogP contribution in [0.3, 0.4) is 0 Å². The number of nitrogens with zero attached hydrogens (tertiary/aromatic N) is 1. The average molecular weight is 345 g/mol. The SMILES string of the molecule is COCCNC(=O)CN(C)c1ccc(C(C)O)c(Br)c1. The highest BCUT2D eigenvalue weighted by Crippen LogP contribution is 2.27. The van der Waals surface area contributed by atoms with Crippen LogP contribution in [0.2, 0.25) is 0 Å². The van der Waals surface area contributed by atoms with Crippen LogP contribution in [0.1, 0.15) is 18.6 Å². The van der Waals surface area contributed by atoms with Gasteiger partial charge in [-0.3, -0.25) is 4.79 Å². The Kier molecular flexibility index (Phi) is 6.98. The molecule has 0 aliphatic rings. The molecule has 0 saturated heterocycles. The Morgan fingerprint density at radius 3 is 2.80 bits per heavy atom. The zero-order valence-electron chi connectivity index (χ0n) is 12.0. The lowest BCUT2D eigenvalue weighted by molar-refractivity contribution is -0.119. The number of anilines is 1. The van der Waals surface area contributed by atoms with Crippen LogP contribution in [0.4, 0.5) is 5.69 Å². The van der Waals surface area contributed by atoms with Crippen LogP contribution in [-0.2, 0) is 9.53 Å². The molecule has 1 amide bonds. The summed E-state index contributed by atoms with van der Waals surface area (Å²) in [5.41, 5.74) is 1.73. The molecule has 6 heteroatoms. The first kappa shape index (κ1) is 16.9. The van der Waals surface area contributed by atoms with E-state index in [0.29, 0.717) is 13.2 Å². The molecule has 1 aromatic carbocycles. The van der Waals surface area contributed by atoms with Crippen molar-refractivity contribution in [3.8, 4) is 0 Å². The first-order valence-corrected chi connectivity index (χ1v) is 7.19. The Balaban J connectivity index is 2.61. The predicted octanol–water partition coefficient (Wildman–Crippen LogP) is 1.70. The molecule has 0 aromatic heterocycles. The highest BCUT2D eigenvalue weighted by atomic mass is 79.9. The van der Waals surface area contributed by atoms with Crippen LogP contribution in [0, 0.1) is 0 Å². The van der Waals surface area contributed by atoms with Crippen molar-refractivity contribution in [1.82, 2.24) is 5.32 Å². The third-order valence-corrected chi connectivity index (χ3v) is 3.57. The summed E-state index contributed by atoms with van der Waals surface area (Å²) in [6, 6.07) is 5.63. The van der Waals surface area contributed by atoms with Crippen LogP contribution in [-0.4, -0.2) is 44.9 Å². The van der Waals surface area contributed by atoms with E-state index in [1.165, 1.54) is 0 Å². The van der Waals surface area contributed by atoms with Gasteiger partial charge in [0.15, 0.2) is 0 Å². The molecule has 0 saturated carbocycles. The van der Waals surface area contributed by atoms with Crippen LogP contribution < -0.4 is 10.2 Å². The number of halogens is 1. The van der Waals surface area contributed by atoms with Crippen LogP contribution in [0.5, 0.6) is 0 Å². The molecule has 0 bridgehead atoms. The van der Waals surface area contributed by atoms with Gasteiger partial charge in [-0.1, -0.05) is 22.0 Å². The highest BCUT2D eigenvalue weighted by molar-refractivity contribution is 9.10. The minimum atomic E-state index is -0.527. The maximum absolute atomic E-state index is 11.7. The summed E-state index contributed by atoms with van der Waals surface area (Å²) in [7, 11) is 3.44. The minimum Gasteiger partial charge on any atom is -0.389 e. The molecule has 0 heterocycles. The summed E-state index contributed by atoms with van der Waals surface area (Å²) in [6.07, 6.45) is -0.527. The van der Waals surface area contributed by atoms with Gasteiger partial charge in [0.05, 0.1) is 19.3 Å². The van der Waals surface area contributed by atoms with Crippen molar-refractivity contribution in [1.29, 1.82) is 0 Å². The fourth-order valence-corrected chi connectivity index (χ4v) is 2.45. The molecular formula is C14H21BrN2O3. The predicted molar refractivity (Wildman–Crippen MR) is 82.9 cm³/mol. The van der Waals surface area contributed by atoms with Gasteiger partial charge in [-0.25, -0.2) is 0 Å². The second-order valence-electron chi connectivity index (χ2n) is 4.58. The first-order valence-electron chi connectivity index (χ1n) is 6.40. The maximum atomic E-state index is 11.7. The summed E-state index contributed by atoms with van der Waals surface area (Å²) < 4.78 is 5.71. The number of likely N-dealkylation sites (N-methyl/N-ethyl adjacent to an activating group) is 1. The average Bonchev–Trinajstić information content (AvgIpc) is 2.38. The third kappa shape index (κ3) is 5.11. The molecule has 1 aromatic rings. The zero-order chi connectivity index (χ0) is 15.1. The number of amides is 1. The van der Waals surface area contributed by atoms with E-state index in [4.69, 9.17) is 4.74 Å². The Bertz CT molecular complexity index is 452. The minimum absolute atomic E-state index is 0.0553. The van der Waals surface area contributed by atoms with Crippen molar-refractivity contribution in [2.75, 3.05) is 38.8 Å². The van der Waals surface area contributed by atoms with Crippen molar-refractivity contribution >= 4 is 27.5 Å². The summed E-state index contributed by atoms with van der Waals surface area (Å²) in [5, 5.41) is 12.4. The standard InChI is InChI=1S/C14H21BrN2O3/c1-10(18)12-5-4-11(8-13(12)15)17(2)9-14(19)16-6-7-20-3/h4-5,8,10,18H,6-7,9H2,1-3H3,(H,16,19). The van der Waals surface area contributed by atoms with Gasteiger partial charge in [0.25, 0.3) is 0 Å². The number of nitrogens with one attached hydrogen (secondary N) is 1. The van der Waals surface area contributed by atoms with E-state index in [0.717, 1.165) is 15.7 Å². The van der Waals surface area contributed by atoms with E-state index >= 15 is 0 Å². The Morgan fingerprint density at radius 1 is 1.55 bits per heavy atom. The van der Waals surface area contributed by atoms with E-state index in [9.17, 15) is 9.90 Å². The molecule has 0 aliphatic heterocycles. The molecule has 1 rings (SSSR count). The van der Waals surface area contributed by atoms with Gasteiger partial charge in [0.1, 0.15) is 0 Å². The molecule has 0 spiro atoms. The first-order chi connectivity index (χ1) is 9.45. The number of carbonyl (C=O) groups is 1. The molecule has 5 nitrogen and oxygen atoms in total. The fourth-order valence-electron chi connectivity index (χ4n) is 1.75. The number of ether oxygens (including phenoxy) is 1. The number of methoxy groups -OCH3 is 1. The van der Waals surface area contributed by atoms with Crippen LogP contribution in [0.15, 0.2) is 22.7 Å². The lowest BCUT2D eigenvalue weighted by Crippen LogP contribution is -2.36. The van der Waals surface area contributed by atoms with E-state index in [2.05, 4.69) is 21.2 Å². The van der Waals surface area contributed by atoms with Gasteiger partial charge in [-0.2, -0.15) is 0 Å². The molecule has 1 unspecified atom stereocenters. The summed E-state index contributed by atoms with van der Waals surface area (Å²) in [6.45, 7) is 2.99. The smallest absolute Gasteiger partial charge is 0.239 e. The fraction of sp³-hybridized carbons (Fsp3) is 0.500. The summed E-state index contributed by atoms with van der Waals surface area (Å²) >= 11 is 3.43. The van der Waals surface area contributed by atoms with Crippen molar-refractivity contribution in [3.05, 3.63) is 28.2 Å². The zero-order valence-corrected chi connectivity index (χ0v) is 13.6. The second-order valence-corrected chi connectivity index (χ2v) is 5.43. The van der Waals surface area contributed by atoms with Gasteiger partial charge >= 0.3 is 0 Å². The number of rotatable bonds is 7. The number of carbonyl (C=O) groups excluding carboxylic acids is 1. The van der Waals surface area contributed by atoms with Gasteiger partial charge in [0, 0.05) is 30.9 Å². The number of aliphatic hydroxyl groups is 1. The Hall–Kier alpha value is -1.11. The second kappa shape index (κ2) is 8.24. The van der Waals surface area contributed by atoms with Gasteiger partial charge in [-0.05, 0) is 24.6 Å². The van der Waals surface area contributed by atoms with E-state index in [-0.39, 0.29) is 12.5 Å². The molecule has 1 atom stereocenters. The molecule has 2 N–H and O–H groups in total. The van der Waals surface area contributed by atoms with Crippen LogP contribution >= 0.6 is 15.9 Å². The number of aliphatic hydroxyl groups excluding tert-OH is 1. The van der Waals surface area contributed by atoms with Gasteiger partial charge < -0.3 is 20.1 Å². The summed E-state index contributed by atoms with van der Waals surface area (Å²) in [4.78, 5) is 13.5. The van der Waals surface area contributed by atoms with Crippen molar-refractivity contribution in [3.63, 3.8) is 0 Å². The van der Waals surface area contributed by atoms with E-state index < -0.39 is 6.10 Å². The molecule has 0 radical (unpaired) electrons. The monoisotopic (exact) mass is 344 g/mol. The lowest BCUT2D eigenvalue weighted by atomic mass is 10.1. The highest BCUT2D eigenvalue weighted by Gasteiger charge is 2.11. The normalized spacial score (nSPS) is 12.1. The molecular weight excluding hydrogens is 324 g/mol. The van der Waals surface area contributed by atoms with Crippen molar-refractivity contribution in [2.24, 2.45) is 0 Å². The lowest BCUT2D eigenvalue weighted by Gasteiger charge is -2.20. The molecule has 20 heavy (non-hydrogen) atoms. The third-order valence-electron chi connectivity index (χ3n) is 2.88. The molecule has 0 fully saturated rings. The Morgan fingerprint density at radius 2 is 2.25 bits per heavy atom.